The highest BCUT2D eigenvalue weighted by molar-refractivity contribution is 7.89. The summed E-state index contributed by atoms with van der Waals surface area (Å²) in [6.07, 6.45) is 1.48. The maximum atomic E-state index is 12.5. The zero-order valence-electron chi connectivity index (χ0n) is 15.9. The Balaban J connectivity index is 1.55. The molecule has 0 spiro atoms. The maximum Gasteiger partial charge on any atom is 0.338 e. The summed E-state index contributed by atoms with van der Waals surface area (Å²) < 4.78 is 37.5. The van der Waals surface area contributed by atoms with E-state index < -0.39 is 28.5 Å². The van der Waals surface area contributed by atoms with E-state index in [0.717, 1.165) is 5.56 Å². The van der Waals surface area contributed by atoms with Gasteiger partial charge < -0.3 is 14.5 Å². The van der Waals surface area contributed by atoms with Crippen LogP contribution in [0.25, 0.3) is 0 Å². The number of esters is 1. The lowest BCUT2D eigenvalue weighted by atomic mass is 10.2. The normalized spacial score (nSPS) is 11.1. The van der Waals surface area contributed by atoms with Crippen molar-refractivity contribution in [3.05, 3.63) is 89.9 Å². The van der Waals surface area contributed by atoms with Gasteiger partial charge in [0.1, 0.15) is 5.76 Å². The van der Waals surface area contributed by atoms with Crippen molar-refractivity contribution in [2.45, 2.75) is 18.0 Å². The van der Waals surface area contributed by atoms with Crippen LogP contribution in [0.1, 0.15) is 21.7 Å². The van der Waals surface area contributed by atoms with Crippen molar-refractivity contribution >= 4 is 21.9 Å². The summed E-state index contributed by atoms with van der Waals surface area (Å²) in [4.78, 5) is 23.9. The third-order valence-corrected chi connectivity index (χ3v) is 5.46. The Kier molecular flexibility index (Phi) is 6.99. The van der Waals surface area contributed by atoms with Gasteiger partial charge in [-0.15, -0.1) is 0 Å². The number of rotatable bonds is 9. The van der Waals surface area contributed by atoms with Gasteiger partial charge in [-0.2, -0.15) is 0 Å². The first kappa shape index (κ1) is 21.3. The van der Waals surface area contributed by atoms with E-state index in [-0.39, 0.29) is 23.5 Å². The molecular weight excluding hydrogens is 408 g/mol. The molecule has 0 aliphatic rings. The average Bonchev–Trinajstić information content (AvgIpc) is 3.29. The van der Waals surface area contributed by atoms with Gasteiger partial charge in [-0.1, -0.05) is 36.4 Å². The van der Waals surface area contributed by atoms with Crippen LogP contribution in [0.3, 0.4) is 0 Å². The lowest BCUT2D eigenvalue weighted by Crippen LogP contribution is -2.28. The zero-order chi connectivity index (χ0) is 21.4. The van der Waals surface area contributed by atoms with E-state index in [1.165, 1.54) is 30.5 Å². The Hall–Kier alpha value is -3.43. The molecule has 9 heteroatoms. The van der Waals surface area contributed by atoms with Crippen molar-refractivity contribution in [1.29, 1.82) is 0 Å². The van der Waals surface area contributed by atoms with Gasteiger partial charge >= 0.3 is 5.97 Å². The fourth-order valence-electron chi connectivity index (χ4n) is 2.51. The molecule has 3 rings (SSSR count). The number of benzene rings is 2. The first-order chi connectivity index (χ1) is 14.4. The molecule has 0 aliphatic carbocycles. The summed E-state index contributed by atoms with van der Waals surface area (Å²) in [6.45, 7) is -0.208. The molecule has 1 amide bonds. The highest BCUT2D eigenvalue weighted by Crippen LogP contribution is 2.13. The van der Waals surface area contributed by atoms with Crippen LogP contribution in [-0.4, -0.2) is 26.9 Å². The molecule has 0 bridgehead atoms. The molecule has 3 aromatic rings. The third-order valence-electron chi connectivity index (χ3n) is 4.06. The summed E-state index contributed by atoms with van der Waals surface area (Å²) in [5, 5.41) is 2.54. The van der Waals surface area contributed by atoms with Gasteiger partial charge in [-0.05, 0) is 35.9 Å². The largest absolute Gasteiger partial charge is 0.467 e. The fraction of sp³-hybridized carbons (Fsp3) is 0.143. The Labute approximate surface area is 173 Å². The Bertz CT molecular complexity index is 1100. The van der Waals surface area contributed by atoms with Gasteiger partial charge in [0.25, 0.3) is 5.91 Å². The first-order valence-electron chi connectivity index (χ1n) is 9.04. The average molecular weight is 428 g/mol. The SMILES string of the molecule is O=C(COC(=O)c1cccc(S(=O)(=O)NCc2ccccc2)c1)NCc1ccco1. The van der Waals surface area contributed by atoms with Crippen LogP contribution < -0.4 is 10.0 Å². The molecule has 0 aliphatic heterocycles. The van der Waals surface area contributed by atoms with E-state index in [4.69, 9.17) is 9.15 Å². The number of furan rings is 1. The fourth-order valence-corrected chi connectivity index (χ4v) is 3.58. The highest BCUT2D eigenvalue weighted by atomic mass is 32.2. The minimum absolute atomic E-state index is 0.0245. The standard InChI is InChI=1S/C21H20N2O6S/c24-20(22-14-18-9-5-11-28-18)15-29-21(25)17-8-4-10-19(12-17)30(26,27)23-13-16-6-2-1-3-7-16/h1-12,23H,13-15H2,(H,22,24). The van der Waals surface area contributed by atoms with Crippen molar-refractivity contribution in [1.82, 2.24) is 10.0 Å². The topological polar surface area (TPSA) is 115 Å². The van der Waals surface area contributed by atoms with Gasteiger partial charge in [0, 0.05) is 6.54 Å². The molecule has 1 aromatic heterocycles. The molecule has 30 heavy (non-hydrogen) atoms. The summed E-state index contributed by atoms with van der Waals surface area (Å²) in [5.41, 5.74) is 0.827. The highest BCUT2D eigenvalue weighted by Gasteiger charge is 2.17. The zero-order valence-corrected chi connectivity index (χ0v) is 16.7. The number of nitrogens with one attached hydrogen (secondary N) is 2. The summed E-state index contributed by atoms with van der Waals surface area (Å²) >= 11 is 0. The van der Waals surface area contributed by atoms with E-state index in [0.29, 0.717) is 5.76 Å². The molecule has 0 saturated heterocycles. The molecule has 0 unspecified atom stereocenters. The van der Waals surface area contributed by atoms with Crippen LogP contribution in [0.15, 0.2) is 82.3 Å². The second-order valence-corrected chi connectivity index (χ2v) is 8.04. The molecule has 156 valence electrons. The van der Waals surface area contributed by atoms with Crippen molar-refractivity contribution < 1.29 is 27.2 Å². The first-order valence-corrected chi connectivity index (χ1v) is 10.5. The van der Waals surface area contributed by atoms with Crippen molar-refractivity contribution in [2.24, 2.45) is 0 Å². The molecular formula is C21H20N2O6S. The van der Waals surface area contributed by atoms with E-state index in [9.17, 15) is 18.0 Å². The molecule has 0 radical (unpaired) electrons. The van der Waals surface area contributed by atoms with E-state index in [2.05, 4.69) is 10.0 Å². The lowest BCUT2D eigenvalue weighted by molar-refractivity contribution is -0.124. The minimum atomic E-state index is -3.83. The van der Waals surface area contributed by atoms with Crippen LogP contribution in [0.2, 0.25) is 0 Å². The number of hydrogen-bond donors (Lipinski definition) is 2. The molecule has 0 saturated carbocycles. The van der Waals surface area contributed by atoms with E-state index >= 15 is 0 Å². The number of carbonyl (C=O) groups excluding carboxylic acids is 2. The van der Waals surface area contributed by atoms with E-state index in [1.807, 2.05) is 18.2 Å². The van der Waals surface area contributed by atoms with Gasteiger partial charge in [-0.3, -0.25) is 4.79 Å². The number of hydrogen-bond acceptors (Lipinski definition) is 6. The van der Waals surface area contributed by atoms with Crippen LogP contribution in [0.5, 0.6) is 0 Å². The van der Waals surface area contributed by atoms with Crippen molar-refractivity contribution in [3.63, 3.8) is 0 Å². The number of amides is 1. The Morgan fingerprint density at radius 2 is 1.73 bits per heavy atom. The van der Waals surface area contributed by atoms with Crippen molar-refractivity contribution in [2.75, 3.05) is 6.61 Å². The van der Waals surface area contributed by atoms with Crippen molar-refractivity contribution in [3.8, 4) is 0 Å². The van der Waals surface area contributed by atoms with E-state index in [1.54, 1.807) is 24.3 Å². The van der Waals surface area contributed by atoms with Gasteiger partial charge in [0.05, 0.1) is 23.3 Å². The summed E-state index contributed by atoms with van der Waals surface area (Å²) in [7, 11) is -3.83. The number of carbonyl (C=O) groups is 2. The van der Waals surface area contributed by atoms with Crippen LogP contribution in [-0.2, 0) is 32.6 Å². The van der Waals surface area contributed by atoms with Gasteiger partial charge in [0.15, 0.2) is 6.61 Å². The third kappa shape index (κ3) is 6.03. The smallest absolute Gasteiger partial charge is 0.338 e. The number of ether oxygens (including phenoxy) is 1. The molecule has 0 atom stereocenters. The predicted molar refractivity (Wildman–Crippen MR) is 108 cm³/mol. The van der Waals surface area contributed by atoms with Gasteiger partial charge in [0.2, 0.25) is 10.0 Å². The summed E-state index contributed by atoms with van der Waals surface area (Å²) in [5.74, 6) is -0.744. The number of sulfonamides is 1. The maximum absolute atomic E-state index is 12.5. The molecule has 8 nitrogen and oxygen atoms in total. The molecule has 2 N–H and O–H groups in total. The summed E-state index contributed by atoms with van der Waals surface area (Å²) in [6, 6.07) is 17.9. The molecule has 0 fully saturated rings. The van der Waals surface area contributed by atoms with Crippen LogP contribution in [0.4, 0.5) is 0 Å². The molecule has 2 aromatic carbocycles. The minimum Gasteiger partial charge on any atom is -0.467 e. The monoisotopic (exact) mass is 428 g/mol. The molecule has 1 heterocycles. The van der Waals surface area contributed by atoms with Crippen LogP contribution >= 0.6 is 0 Å². The second-order valence-electron chi connectivity index (χ2n) is 6.27. The van der Waals surface area contributed by atoms with Crippen LogP contribution in [0, 0.1) is 0 Å². The quantitative estimate of drug-likeness (QED) is 0.505. The second kappa shape index (κ2) is 9.86. The Morgan fingerprint density at radius 3 is 2.47 bits per heavy atom. The Morgan fingerprint density at radius 1 is 0.933 bits per heavy atom. The van der Waals surface area contributed by atoms with Gasteiger partial charge in [-0.25, -0.2) is 17.9 Å². The predicted octanol–water partition coefficient (Wildman–Crippen LogP) is 2.23. The lowest BCUT2D eigenvalue weighted by Gasteiger charge is -2.09.